The summed E-state index contributed by atoms with van der Waals surface area (Å²) in [7, 11) is 0. The first-order valence-corrected chi connectivity index (χ1v) is 9.43. The molecule has 0 saturated carbocycles. The van der Waals surface area contributed by atoms with E-state index in [2.05, 4.69) is 11.4 Å². The van der Waals surface area contributed by atoms with Crippen LogP contribution in [0, 0.1) is 0 Å². The maximum Gasteiger partial charge on any atom is 0.266 e. The molecule has 1 aromatic heterocycles. The number of amides is 2. The van der Waals surface area contributed by atoms with Crippen LogP contribution in [0.2, 0.25) is 10.0 Å². The van der Waals surface area contributed by atoms with E-state index in [0.717, 1.165) is 19.4 Å². The summed E-state index contributed by atoms with van der Waals surface area (Å²) in [6.07, 6.45) is 2.18. The average Bonchev–Trinajstić information content (AvgIpc) is 3.27. The lowest BCUT2D eigenvalue weighted by molar-refractivity contribution is -0.925. The molecule has 2 aliphatic heterocycles. The molecule has 4 nitrogen and oxygen atoms in total. The Labute approximate surface area is 153 Å². The molecular weight excluding hydrogens is 367 g/mol. The van der Waals surface area contributed by atoms with Crippen LogP contribution in [0.1, 0.15) is 44.5 Å². The van der Waals surface area contributed by atoms with Gasteiger partial charge in [-0.25, -0.2) is 4.90 Å². The Kier molecular flexibility index (Phi) is 4.12. The normalized spacial score (nSPS) is 23.2. The van der Waals surface area contributed by atoms with Crippen LogP contribution in [0.4, 0.5) is 0 Å². The van der Waals surface area contributed by atoms with Gasteiger partial charge in [-0.3, -0.25) is 9.59 Å². The van der Waals surface area contributed by atoms with Gasteiger partial charge in [0, 0.05) is 12.8 Å². The van der Waals surface area contributed by atoms with E-state index in [1.807, 2.05) is 6.07 Å². The number of rotatable bonds is 3. The smallest absolute Gasteiger partial charge is 0.266 e. The van der Waals surface area contributed by atoms with Crippen molar-refractivity contribution in [1.29, 1.82) is 0 Å². The first-order valence-electron chi connectivity index (χ1n) is 7.79. The lowest BCUT2D eigenvalue weighted by Crippen LogP contribution is -3.12. The minimum atomic E-state index is -0.280. The Morgan fingerprint density at radius 2 is 1.83 bits per heavy atom. The summed E-state index contributed by atoms with van der Waals surface area (Å²) in [4.78, 5) is 29.2. The topological polar surface area (TPSA) is 41.8 Å². The maximum atomic E-state index is 12.6. The lowest BCUT2D eigenvalue weighted by atomic mass is 10.1. The summed E-state index contributed by atoms with van der Waals surface area (Å²) >= 11 is 13.7. The van der Waals surface area contributed by atoms with Crippen LogP contribution in [0.15, 0.2) is 29.6 Å². The fraction of sp³-hybridized carbons (Fsp3) is 0.294. The van der Waals surface area contributed by atoms with Gasteiger partial charge in [-0.2, -0.15) is 0 Å². The fourth-order valence-electron chi connectivity index (χ4n) is 3.56. The number of carbonyl (C=O) groups is 2. The summed E-state index contributed by atoms with van der Waals surface area (Å²) in [5.41, 5.74) is 0.696. The Bertz CT molecular complexity index is 781. The quantitative estimate of drug-likeness (QED) is 0.830. The van der Waals surface area contributed by atoms with Crippen LogP contribution in [0.5, 0.6) is 0 Å². The number of benzene rings is 1. The molecule has 2 aliphatic rings. The third-order valence-electron chi connectivity index (χ3n) is 4.74. The Hall–Kier alpha value is -1.40. The van der Waals surface area contributed by atoms with Crippen LogP contribution < -0.4 is 4.90 Å². The summed E-state index contributed by atoms with van der Waals surface area (Å²) in [6, 6.07) is 7.51. The van der Waals surface area contributed by atoms with E-state index in [-0.39, 0.29) is 11.8 Å². The van der Waals surface area contributed by atoms with Crippen molar-refractivity contribution in [3.8, 4) is 0 Å². The molecule has 0 bridgehead atoms. The number of nitrogens with zero attached hydrogens (tertiary/aromatic N) is 1. The molecule has 2 aromatic rings. The number of carbonyl (C=O) groups excluding carboxylic acids is 2. The average molecular weight is 382 g/mol. The number of nitrogens with one attached hydrogen (secondary N) is 1. The molecule has 2 amide bonds. The van der Waals surface area contributed by atoms with Gasteiger partial charge in [0.05, 0.1) is 32.6 Å². The Morgan fingerprint density at radius 1 is 1.17 bits per heavy atom. The van der Waals surface area contributed by atoms with Crippen molar-refractivity contribution in [2.45, 2.75) is 18.9 Å². The SMILES string of the molecule is O=C1c2cc(Cl)c(Cl)cc2C(=O)N1C[NH+]1CCC[C@@H]1c1cccs1. The lowest BCUT2D eigenvalue weighted by Gasteiger charge is -2.24. The van der Waals surface area contributed by atoms with Gasteiger partial charge >= 0.3 is 0 Å². The van der Waals surface area contributed by atoms with E-state index in [4.69, 9.17) is 23.2 Å². The highest BCUT2D eigenvalue weighted by molar-refractivity contribution is 7.10. The van der Waals surface area contributed by atoms with E-state index in [0.29, 0.717) is 33.9 Å². The second-order valence-electron chi connectivity index (χ2n) is 6.13. The molecule has 2 atom stereocenters. The summed E-state index contributed by atoms with van der Waals surface area (Å²) in [5.74, 6) is -0.559. The molecule has 3 heterocycles. The highest BCUT2D eigenvalue weighted by Gasteiger charge is 2.41. The molecule has 1 aromatic carbocycles. The summed E-state index contributed by atoms with van der Waals surface area (Å²) < 4.78 is 0. The monoisotopic (exact) mass is 381 g/mol. The van der Waals surface area contributed by atoms with Gasteiger partial charge in [0.25, 0.3) is 11.8 Å². The second kappa shape index (κ2) is 6.15. The molecule has 24 heavy (non-hydrogen) atoms. The van der Waals surface area contributed by atoms with E-state index in [9.17, 15) is 9.59 Å². The van der Waals surface area contributed by atoms with Crippen molar-refractivity contribution in [2.24, 2.45) is 0 Å². The number of likely N-dealkylation sites (tertiary alicyclic amines) is 1. The number of imide groups is 1. The molecule has 0 spiro atoms. The van der Waals surface area contributed by atoms with Gasteiger partial charge in [0.2, 0.25) is 0 Å². The molecule has 124 valence electrons. The van der Waals surface area contributed by atoms with E-state index in [1.165, 1.54) is 26.8 Å². The summed E-state index contributed by atoms with van der Waals surface area (Å²) in [6.45, 7) is 1.33. The van der Waals surface area contributed by atoms with Gasteiger partial charge in [-0.05, 0) is 23.6 Å². The number of hydrogen-bond acceptors (Lipinski definition) is 3. The van der Waals surface area contributed by atoms with Crippen molar-refractivity contribution >= 4 is 46.4 Å². The van der Waals surface area contributed by atoms with Crippen LogP contribution in [0.25, 0.3) is 0 Å². The number of quaternary nitrogens is 1. The molecule has 1 saturated heterocycles. The highest BCUT2D eigenvalue weighted by atomic mass is 35.5. The van der Waals surface area contributed by atoms with E-state index < -0.39 is 0 Å². The Balaban J connectivity index is 1.60. The van der Waals surface area contributed by atoms with E-state index in [1.54, 1.807) is 11.3 Å². The van der Waals surface area contributed by atoms with Gasteiger partial charge in [-0.15, -0.1) is 11.3 Å². The van der Waals surface area contributed by atoms with Crippen LogP contribution in [0.3, 0.4) is 0 Å². The van der Waals surface area contributed by atoms with Crippen molar-refractivity contribution < 1.29 is 14.5 Å². The zero-order valence-corrected chi connectivity index (χ0v) is 15.0. The first-order chi connectivity index (χ1) is 11.6. The third-order valence-corrected chi connectivity index (χ3v) is 6.45. The minimum absolute atomic E-state index is 0.280. The largest absolute Gasteiger partial charge is 0.311 e. The maximum absolute atomic E-state index is 12.6. The van der Waals surface area contributed by atoms with Crippen LogP contribution >= 0.6 is 34.5 Å². The second-order valence-corrected chi connectivity index (χ2v) is 7.92. The molecule has 7 heteroatoms. The van der Waals surface area contributed by atoms with Crippen molar-refractivity contribution in [3.63, 3.8) is 0 Å². The molecule has 1 unspecified atom stereocenters. The summed E-state index contributed by atoms with van der Waals surface area (Å²) in [5, 5.41) is 2.66. The van der Waals surface area contributed by atoms with Gasteiger partial charge in [0.15, 0.2) is 6.67 Å². The fourth-order valence-corrected chi connectivity index (χ4v) is 4.81. The third kappa shape index (κ3) is 2.56. The number of hydrogen-bond donors (Lipinski definition) is 1. The molecular formula is C17H15Cl2N2O2S+. The van der Waals surface area contributed by atoms with Gasteiger partial charge in [-0.1, -0.05) is 29.3 Å². The number of halogens is 2. The van der Waals surface area contributed by atoms with Crippen LogP contribution in [-0.4, -0.2) is 29.9 Å². The van der Waals surface area contributed by atoms with Crippen molar-refractivity contribution in [1.82, 2.24) is 4.90 Å². The number of thiophene rings is 1. The molecule has 4 rings (SSSR count). The number of fused-ring (bicyclic) bond motifs is 1. The highest BCUT2D eigenvalue weighted by Crippen LogP contribution is 2.31. The van der Waals surface area contributed by atoms with Crippen LogP contribution in [-0.2, 0) is 0 Å². The zero-order chi connectivity index (χ0) is 16.8. The molecule has 1 fully saturated rings. The van der Waals surface area contributed by atoms with Gasteiger partial charge < -0.3 is 4.90 Å². The molecule has 0 aliphatic carbocycles. The first kappa shape index (κ1) is 16.1. The predicted molar refractivity (Wildman–Crippen MR) is 94.0 cm³/mol. The molecule has 1 N–H and O–H groups in total. The standard InChI is InChI=1S/C17H14Cl2N2O2S/c18-12-7-10-11(8-13(12)19)17(23)21(16(10)22)9-20-5-1-3-14(20)15-4-2-6-24-15/h2,4,6-8,14H,1,3,5,9H2/p+1/t14-/m1/s1. The van der Waals surface area contributed by atoms with E-state index >= 15 is 0 Å². The van der Waals surface area contributed by atoms with Crippen molar-refractivity contribution in [3.05, 3.63) is 55.7 Å². The zero-order valence-electron chi connectivity index (χ0n) is 12.7. The van der Waals surface area contributed by atoms with Gasteiger partial charge in [0.1, 0.15) is 6.04 Å². The predicted octanol–water partition coefficient (Wildman–Crippen LogP) is 3.03. The molecule has 0 radical (unpaired) electrons. The van der Waals surface area contributed by atoms with Crippen molar-refractivity contribution in [2.75, 3.05) is 13.2 Å². The minimum Gasteiger partial charge on any atom is -0.311 e. The Morgan fingerprint density at radius 3 is 2.42 bits per heavy atom.